The van der Waals surface area contributed by atoms with Crippen molar-refractivity contribution in [1.29, 1.82) is 0 Å². The first-order valence-corrected chi connectivity index (χ1v) is 8.19. The Bertz CT molecular complexity index is 914. The molecule has 0 aliphatic heterocycles. The summed E-state index contributed by atoms with van der Waals surface area (Å²) in [5.41, 5.74) is 4.94. The fraction of sp³-hybridized carbons (Fsp3) is 0.136. The van der Waals surface area contributed by atoms with Gasteiger partial charge in [0.2, 0.25) is 0 Å². The summed E-state index contributed by atoms with van der Waals surface area (Å²) >= 11 is 0. The quantitative estimate of drug-likeness (QED) is 0.689. The van der Waals surface area contributed by atoms with Gasteiger partial charge in [0.15, 0.2) is 0 Å². The molecule has 3 heteroatoms. The van der Waals surface area contributed by atoms with Gasteiger partial charge in [-0.2, -0.15) is 0 Å². The molecule has 0 aliphatic carbocycles. The monoisotopic (exact) mass is 332 g/mol. The zero-order valence-electron chi connectivity index (χ0n) is 14.2. The highest BCUT2D eigenvalue weighted by molar-refractivity contribution is 5.91. The molecule has 3 aromatic carbocycles. The Morgan fingerprint density at radius 1 is 0.920 bits per heavy atom. The molecule has 0 aliphatic rings. The van der Waals surface area contributed by atoms with Gasteiger partial charge in [0, 0.05) is 11.5 Å². The molecule has 0 saturated heterocycles. The first-order valence-electron chi connectivity index (χ1n) is 8.19. The standard InChI is InChI=1S/C22H20O3/c1-14-11-17(13-18(12-14)16-7-4-3-5-8-16)15(2)19-9-6-10-20(21(19)23)22(24)25/h3-13,15,23H,1-2H3,(H,24,25). The predicted molar refractivity (Wildman–Crippen MR) is 99.2 cm³/mol. The lowest BCUT2D eigenvalue weighted by atomic mass is 9.88. The fourth-order valence-corrected chi connectivity index (χ4v) is 3.12. The average molecular weight is 332 g/mol. The van der Waals surface area contributed by atoms with Crippen LogP contribution in [-0.4, -0.2) is 16.2 Å². The van der Waals surface area contributed by atoms with Crippen LogP contribution in [0, 0.1) is 6.92 Å². The van der Waals surface area contributed by atoms with Crippen molar-refractivity contribution in [2.75, 3.05) is 0 Å². The molecule has 3 aromatic rings. The maximum absolute atomic E-state index is 11.3. The zero-order valence-corrected chi connectivity index (χ0v) is 14.2. The number of para-hydroxylation sites is 1. The van der Waals surface area contributed by atoms with E-state index in [1.807, 2.05) is 32.0 Å². The molecule has 2 N–H and O–H groups in total. The van der Waals surface area contributed by atoms with Gasteiger partial charge < -0.3 is 10.2 Å². The zero-order chi connectivity index (χ0) is 18.0. The minimum Gasteiger partial charge on any atom is -0.507 e. The number of benzene rings is 3. The highest BCUT2D eigenvalue weighted by Gasteiger charge is 2.19. The van der Waals surface area contributed by atoms with E-state index >= 15 is 0 Å². The lowest BCUT2D eigenvalue weighted by Crippen LogP contribution is -2.03. The lowest BCUT2D eigenvalue weighted by Gasteiger charge is -2.17. The summed E-state index contributed by atoms with van der Waals surface area (Å²) in [6.07, 6.45) is 0. The summed E-state index contributed by atoms with van der Waals surface area (Å²) in [5, 5.41) is 19.6. The summed E-state index contributed by atoms with van der Waals surface area (Å²) in [6, 6.07) is 21.3. The second-order valence-corrected chi connectivity index (χ2v) is 6.27. The van der Waals surface area contributed by atoms with Crippen molar-refractivity contribution < 1.29 is 15.0 Å². The van der Waals surface area contributed by atoms with Gasteiger partial charge in [-0.05, 0) is 29.7 Å². The number of rotatable bonds is 4. The maximum Gasteiger partial charge on any atom is 0.339 e. The van der Waals surface area contributed by atoms with Crippen molar-refractivity contribution in [1.82, 2.24) is 0 Å². The molecule has 0 saturated carbocycles. The van der Waals surface area contributed by atoms with Gasteiger partial charge >= 0.3 is 5.97 Å². The molecule has 126 valence electrons. The molecule has 25 heavy (non-hydrogen) atoms. The van der Waals surface area contributed by atoms with Gasteiger partial charge in [-0.15, -0.1) is 0 Å². The topological polar surface area (TPSA) is 57.5 Å². The summed E-state index contributed by atoms with van der Waals surface area (Å²) in [5.74, 6) is -1.41. The van der Waals surface area contributed by atoms with Crippen LogP contribution in [0.2, 0.25) is 0 Å². The summed E-state index contributed by atoms with van der Waals surface area (Å²) in [7, 11) is 0. The van der Waals surface area contributed by atoms with Crippen LogP contribution in [0.1, 0.15) is 39.9 Å². The van der Waals surface area contributed by atoms with Crippen molar-refractivity contribution in [3.8, 4) is 16.9 Å². The van der Waals surface area contributed by atoms with E-state index in [1.54, 1.807) is 12.1 Å². The van der Waals surface area contributed by atoms with E-state index in [1.165, 1.54) is 6.07 Å². The van der Waals surface area contributed by atoms with Crippen LogP contribution in [0.25, 0.3) is 11.1 Å². The third-order valence-corrected chi connectivity index (χ3v) is 4.47. The van der Waals surface area contributed by atoms with Crippen molar-refractivity contribution in [3.05, 3.63) is 89.0 Å². The van der Waals surface area contributed by atoms with Crippen LogP contribution in [0.5, 0.6) is 5.75 Å². The molecule has 0 bridgehead atoms. The minimum absolute atomic E-state index is 0.0692. The highest BCUT2D eigenvalue weighted by atomic mass is 16.4. The largest absolute Gasteiger partial charge is 0.507 e. The second-order valence-electron chi connectivity index (χ2n) is 6.27. The number of phenols is 1. The normalized spacial score (nSPS) is 11.9. The van der Waals surface area contributed by atoms with Crippen LogP contribution < -0.4 is 0 Å². The number of aromatic carboxylic acids is 1. The Hall–Kier alpha value is -3.07. The molecule has 0 spiro atoms. The Labute approximate surface area is 147 Å². The SMILES string of the molecule is Cc1cc(-c2ccccc2)cc(C(C)c2cccc(C(=O)O)c2O)c1. The van der Waals surface area contributed by atoms with Crippen LogP contribution in [0.15, 0.2) is 66.7 Å². The number of hydrogen-bond donors (Lipinski definition) is 2. The van der Waals surface area contributed by atoms with Gasteiger partial charge in [-0.25, -0.2) is 4.79 Å². The third kappa shape index (κ3) is 3.41. The molecule has 0 amide bonds. The van der Waals surface area contributed by atoms with Crippen LogP contribution in [0.4, 0.5) is 0 Å². The smallest absolute Gasteiger partial charge is 0.339 e. The average Bonchev–Trinajstić information content (AvgIpc) is 2.61. The molecule has 1 atom stereocenters. The van der Waals surface area contributed by atoms with Crippen molar-refractivity contribution in [3.63, 3.8) is 0 Å². The molecule has 0 radical (unpaired) electrons. The Morgan fingerprint density at radius 3 is 2.32 bits per heavy atom. The molecule has 0 fully saturated rings. The maximum atomic E-state index is 11.3. The van der Waals surface area contributed by atoms with Gasteiger partial charge in [0.05, 0.1) is 0 Å². The lowest BCUT2D eigenvalue weighted by molar-refractivity contribution is 0.0693. The van der Waals surface area contributed by atoms with Gasteiger partial charge in [0.25, 0.3) is 0 Å². The van der Waals surface area contributed by atoms with E-state index in [2.05, 4.69) is 30.3 Å². The van der Waals surface area contributed by atoms with E-state index in [4.69, 9.17) is 0 Å². The van der Waals surface area contributed by atoms with Crippen LogP contribution in [-0.2, 0) is 0 Å². The molecule has 3 nitrogen and oxygen atoms in total. The van der Waals surface area contributed by atoms with E-state index in [0.29, 0.717) is 5.56 Å². The number of aromatic hydroxyl groups is 1. The van der Waals surface area contributed by atoms with E-state index in [-0.39, 0.29) is 17.2 Å². The summed E-state index contributed by atoms with van der Waals surface area (Å²) in [4.78, 5) is 11.3. The Kier molecular flexibility index (Phi) is 4.57. The molecule has 1 unspecified atom stereocenters. The van der Waals surface area contributed by atoms with Gasteiger partial charge in [-0.3, -0.25) is 0 Å². The van der Waals surface area contributed by atoms with E-state index in [9.17, 15) is 15.0 Å². The molecule has 0 heterocycles. The van der Waals surface area contributed by atoms with Gasteiger partial charge in [0.1, 0.15) is 11.3 Å². The first-order chi connectivity index (χ1) is 12.0. The van der Waals surface area contributed by atoms with E-state index in [0.717, 1.165) is 22.3 Å². The van der Waals surface area contributed by atoms with Crippen molar-refractivity contribution in [2.45, 2.75) is 19.8 Å². The Balaban J connectivity index is 2.07. The summed E-state index contributed by atoms with van der Waals surface area (Å²) < 4.78 is 0. The van der Waals surface area contributed by atoms with Crippen LogP contribution in [0.3, 0.4) is 0 Å². The van der Waals surface area contributed by atoms with Gasteiger partial charge in [-0.1, -0.05) is 73.2 Å². The number of hydrogen-bond acceptors (Lipinski definition) is 2. The van der Waals surface area contributed by atoms with Crippen LogP contribution >= 0.6 is 0 Å². The van der Waals surface area contributed by atoms with Crippen molar-refractivity contribution in [2.24, 2.45) is 0 Å². The molecular formula is C22H20O3. The number of aryl methyl sites for hydroxylation is 1. The minimum atomic E-state index is -1.12. The third-order valence-electron chi connectivity index (χ3n) is 4.47. The fourth-order valence-electron chi connectivity index (χ4n) is 3.12. The number of carboxylic acid groups (broad SMARTS) is 1. The first kappa shape index (κ1) is 16.8. The van der Waals surface area contributed by atoms with E-state index < -0.39 is 5.97 Å². The molecular weight excluding hydrogens is 312 g/mol. The second kappa shape index (κ2) is 6.81. The Morgan fingerprint density at radius 2 is 1.64 bits per heavy atom. The highest BCUT2D eigenvalue weighted by Crippen LogP contribution is 2.35. The number of carboxylic acids is 1. The molecule has 0 aromatic heterocycles. The molecule has 3 rings (SSSR count). The van der Waals surface area contributed by atoms with Crippen molar-refractivity contribution >= 4 is 5.97 Å². The predicted octanol–water partition coefficient (Wildman–Crippen LogP) is 5.22. The summed E-state index contributed by atoms with van der Waals surface area (Å²) in [6.45, 7) is 4.01. The number of carbonyl (C=O) groups is 1.